The molecule has 0 aromatic heterocycles. The van der Waals surface area contributed by atoms with Crippen LogP contribution in [-0.2, 0) is 47.8 Å². The molecule has 0 heterocycles. The van der Waals surface area contributed by atoms with Crippen LogP contribution in [0.2, 0.25) is 0 Å². The number of esters is 3. The van der Waals surface area contributed by atoms with Gasteiger partial charge in [-0.2, -0.15) is 0 Å². The summed E-state index contributed by atoms with van der Waals surface area (Å²) < 4.78 is 13.4. The van der Waals surface area contributed by atoms with Gasteiger partial charge in [-0.05, 0) is 47.0 Å². The second-order valence-electron chi connectivity index (χ2n) is 7.24. The molecule has 0 saturated carbocycles. The van der Waals surface area contributed by atoms with E-state index in [0.717, 1.165) is 0 Å². The standard InChI is InChI=1S/C13H20O6.C9H14O4/c1-9(14)13(10(2)15,7-5-11(16)18-3)8-6-12(17)19-4;1-6(10)8(7(2)11)4-5-9(12)13-3/h5-8H2,1-4H3;8H,4-5H2,1-3H3. The van der Waals surface area contributed by atoms with Crippen molar-refractivity contribution in [2.45, 2.75) is 66.2 Å². The highest BCUT2D eigenvalue weighted by molar-refractivity contribution is 6.05. The predicted octanol–water partition coefficient (Wildman–Crippen LogP) is 1.79. The van der Waals surface area contributed by atoms with Crippen LogP contribution in [0.3, 0.4) is 0 Å². The first-order chi connectivity index (χ1) is 14.8. The third kappa shape index (κ3) is 11.5. The third-order valence-electron chi connectivity index (χ3n) is 5.16. The SMILES string of the molecule is COC(=O)CCC(C(C)=O)C(C)=O.COC(=O)CCC(CCC(=O)OC)(C(C)=O)C(C)=O. The molecule has 0 N–H and O–H groups in total. The zero-order valence-corrected chi connectivity index (χ0v) is 19.9. The maximum absolute atomic E-state index is 11.8. The molecule has 0 aromatic rings. The van der Waals surface area contributed by atoms with Crippen LogP contribution < -0.4 is 0 Å². The van der Waals surface area contributed by atoms with Gasteiger partial charge in [-0.25, -0.2) is 0 Å². The van der Waals surface area contributed by atoms with Crippen molar-refractivity contribution in [2.24, 2.45) is 11.3 Å². The number of carbonyl (C=O) groups is 7. The minimum Gasteiger partial charge on any atom is -0.469 e. The van der Waals surface area contributed by atoms with Gasteiger partial charge in [0.05, 0.1) is 32.7 Å². The van der Waals surface area contributed by atoms with Crippen LogP contribution in [0.5, 0.6) is 0 Å². The van der Waals surface area contributed by atoms with E-state index in [1.165, 1.54) is 49.0 Å². The molecule has 0 spiro atoms. The van der Waals surface area contributed by atoms with Crippen LogP contribution in [0, 0.1) is 11.3 Å². The number of rotatable bonds is 13. The van der Waals surface area contributed by atoms with Gasteiger partial charge in [0.1, 0.15) is 23.1 Å². The van der Waals surface area contributed by atoms with Gasteiger partial charge < -0.3 is 14.2 Å². The molecule has 0 aliphatic heterocycles. The van der Waals surface area contributed by atoms with E-state index in [1.807, 2.05) is 0 Å². The van der Waals surface area contributed by atoms with Gasteiger partial charge >= 0.3 is 17.9 Å². The first kappa shape index (κ1) is 31.3. The number of ether oxygens (including phenoxy) is 3. The highest BCUT2D eigenvalue weighted by atomic mass is 16.5. The Bertz CT molecular complexity index is 658. The van der Waals surface area contributed by atoms with Gasteiger partial charge in [-0.1, -0.05) is 0 Å². The molecule has 0 aromatic carbocycles. The van der Waals surface area contributed by atoms with E-state index in [1.54, 1.807) is 0 Å². The summed E-state index contributed by atoms with van der Waals surface area (Å²) >= 11 is 0. The molecule has 0 fully saturated rings. The normalized spacial score (nSPS) is 10.4. The molecule has 10 nitrogen and oxygen atoms in total. The van der Waals surface area contributed by atoms with E-state index >= 15 is 0 Å². The molecule has 32 heavy (non-hydrogen) atoms. The molecule has 182 valence electrons. The summed E-state index contributed by atoms with van der Waals surface area (Å²) in [6.07, 6.45) is 0.355. The topological polar surface area (TPSA) is 147 Å². The number of Topliss-reactive ketones (excluding diaryl/α,β-unsaturated/α-hetero) is 4. The summed E-state index contributed by atoms with van der Waals surface area (Å²) in [6, 6.07) is 0. The van der Waals surface area contributed by atoms with Crippen LogP contribution in [0.25, 0.3) is 0 Å². The van der Waals surface area contributed by atoms with Crippen LogP contribution >= 0.6 is 0 Å². The van der Waals surface area contributed by atoms with Gasteiger partial charge in [0.25, 0.3) is 0 Å². The van der Waals surface area contributed by atoms with Crippen molar-refractivity contribution in [2.75, 3.05) is 21.3 Å². The summed E-state index contributed by atoms with van der Waals surface area (Å²) in [6.45, 7) is 5.28. The van der Waals surface area contributed by atoms with Crippen LogP contribution in [0.4, 0.5) is 0 Å². The fourth-order valence-corrected chi connectivity index (χ4v) is 2.97. The smallest absolute Gasteiger partial charge is 0.305 e. The number of methoxy groups -OCH3 is 3. The molecule has 0 aliphatic carbocycles. The lowest BCUT2D eigenvalue weighted by Crippen LogP contribution is -2.38. The van der Waals surface area contributed by atoms with Crippen molar-refractivity contribution >= 4 is 41.0 Å². The number of carbonyl (C=O) groups excluding carboxylic acids is 7. The third-order valence-corrected chi connectivity index (χ3v) is 5.16. The Hall–Kier alpha value is -2.91. The Morgan fingerprint density at radius 2 is 0.906 bits per heavy atom. The summed E-state index contributed by atoms with van der Waals surface area (Å²) in [4.78, 5) is 78.4. The van der Waals surface area contributed by atoms with Crippen molar-refractivity contribution in [3.05, 3.63) is 0 Å². The Labute approximate surface area is 188 Å². The van der Waals surface area contributed by atoms with E-state index in [0.29, 0.717) is 0 Å². The van der Waals surface area contributed by atoms with E-state index in [-0.39, 0.29) is 61.7 Å². The summed E-state index contributed by atoms with van der Waals surface area (Å²) in [5, 5.41) is 0. The molecule has 0 amide bonds. The fraction of sp³-hybridized carbons (Fsp3) is 0.682. The van der Waals surface area contributed by atoms with E-state index in [2.05, 4.69) is 14.2 Å². The molecule has 0 aliphatic rings. The van der Waals surface area contributed by atoms with Gasteiger partial charge in [-0.15, -0.1) is 0 Å². The zero-order chi connectivity index (χ0) is 25.5. The molecule has 0 saturated heterocycles. The lowest BCUT2D eigenvalue weighted by Gasteiger charge is -2.27. The lowest BCUT2D eigenvalue weighted by molar-refractivity contribution is -0.146. The van der Waals surface area contributed by atoms with Crippen LogP contribution in [-0.4, -0.2) is 62.4 Å². The summed E-state index contributed by atoms with van der Waals surface area (Å²) in [5.74, 6) is -3.14. The van der Waals surface area contributed by atoms with Gasteiger partial charge in [-0.3, -0.25) is 33.6 Å². The number of hydrogen-bond donors (Lipinski definition) is 0. The first-order valence-electron chi connectivity index (χ1n) is 10.0. The molecule has 0 rings (SSSR count). The predicted molar refractivity (Wildman–Crippen MR) is 112 cm³/mol. The second kappa shape index (κ2) is 15.8. The zero-order valence-electron chi connectivity index (χ0n) is 19.9. The summed E-state index contributed by atoms with van der Waals surface area (Å²) in [5.41, 5.74) is -1.32. The maximum atomic E-state index is 11.8. The Morgan fingerprint density at radius 3 is 1.16 bits per heavy atom. The lowest BCUT2D eigenvalue weighted by atomic mass is 9.73. The monoisotopic (exact) mass is 458 g/mol. The quantitative estimate of drug-likeness (QED) is 0.227. The number of ketones is 4. The van der Waals surface area contributed by atoms with Gasteiger partial charge in [0.2, 0.25) is 0 Å². The first-order valence-corrected chi connectivity index (χ1v) is 10.0. The molecule has 0 unspecified atom stereocenters. The van der Waals surface area contributed by atoms with Crippen molar-refractivity contribution < 1.29 is 47.8 Å². The molecular weight excluding hydrogens is 424 g/mol. The van der Waals surface area contributed by atoms with E-state index in [9.17, 15) is 33.6 Å². The molecular formula is C22H34O10. The Kier molecular flexibility index (Phi) is 15.5. The summed E-state index contributed by atoms with van der Waals surface area (Å²) in [7, 11) is 3.75. The molecule has 0 radical (unpaired) electrons. The fourth-order valence-electron chi connectivity index (χ4n) is 2.97. The minimum atomic E-state index is -1.32. The van der Waals surface area contributed by atoms with E-state index < -0.39 is 29.2 Å². The largest absolute Gasteiger partial charge is 0.469 e. The second-order valence-corrected chi connectivity index (χ2v) is 7.24. The minimum absolute atomic E-state index is 0.0430. The van der Waals surface area contributed by atoms with Crippen molar-refractivity contribution in [3.63, 3.8) is 0 Å². The van der Waals surface area contributed by atoms with E-state index in [4.69, 9.17) is 0 Å². The maximum Gasteiger partial charge on any atom is 0.305 e. The highest BCUT2D eigenvalue weighted by Crippen LogP contribution is 2.32. The molecule has 0 atom stereocenters. The Balaban J connectivity index is 0. The Morgan fingerprint density at radius 1 is 0.594 bits per heavy atom. The van der Waals surface area contributed by atoms with Crippen molar-refractivity contribution in [3.8, 4) is 0 Å². The van der Waals surface area contributed by atoms with Crippen molar-refractivity contribution in [1.82, 2.24) is 0 Å². The average Bonchev–Trinajstić information content (AvgIpc) is 2.72. The molecule has 0 bridgehead atoms. The van der Waals surface area contributed by atoms with Crippen molar-refractivity contribution in [1.29, 1.82) is 0 Å². The van der Waals surface area contributed by atoms with Gasteiger partial charge in [0, 0.05) is 19.3 Å². The van der Waals surface area contributed by atoms with Crippen LogP contribution in [0.15, 0.2) is 0 Å². The number of hydrogen-bond acceptors (Lipinski definition) is 10. The highest BCUT2D eigenvalue weighted by Gasteiger charge is 2.40. The average molecular weight is 459 g/mol. The van der Waals surface area contributed by atoms with Crippen LogP contribution in [0.1, 0.15) is 66.2 Å². The van der Waals surface area contributed by atoms with Gasteiger partial charge in [0.15, 0.2) is 0 Å². The molecule has 10 heteroatoms.